The van der Waals surface area contributed by atoms with Crippen LogP contribution in [0.15, 0.2) is 48.2 Å². The largest absolute Gasteiger partial charge is 0.493 e. The number of hydrogen-bond donors (Lipinski definition) is 2. The number of carboxylic acid groups (broad SMARTS) is 1. The number of amides is 1. The highest BCUT2D eigenvalue weighted by Gasteiger charge is 2.15. The van der Waals surface area contributed by atoms with Gasteiger partial charge in [-0.05, 0) is 58.5 Å². The van der Waals surface area contributed by atoms with E-state index in [1.807, 2.05) is 0 Å². The standard InChI is InChI=1S/C18H16INO5/c1-24-15-10-11(8-13(19)16(15)25-2)9-14(18(22)23)20-17(21)12-6-4-3-5-7-12/h3-10H,1-2H3,(H,20,21)(H,22,23). The molecule has 0 aliphatic carbocycles. The van der Waals surface area contributed by atoms with Crippen LogP contribution in [0.1, 0.15) is 15.9 Å². The number of rotatable bonds is 6. The normalized spacial score (nSPS) is 10.9. The molecular formula is C18H16INO5. The Morgan fingerprint density at radius 1 is 1.12 bits per heavy atom. The van der Waals surface area contributed by atoms with Crippen molar-refractivity contribution in [2.24, 2.45) is 0 Å². The molecule has 0 radical (unpaired) electrons. The monoisotopic (exact) mass is 453 g/mol. The van der Waals surface area contributed by atoms with Gasteiger partial charge in [-0.15, -0.1) is 0 Å². The van der Waals surface area contributed by atoms with Crippen LogP contribution in [0.4, 0.5) is 0 Å². The van der Waals surface area contributed by atoms with E-state index in [-0.39, 0.29) is 5.70 Å². The summed E-state index contributed by atoms with van der Waals surface area (Å²) in [6, 6.07) is 11.8. The second kappa shape index (κ2) is 8.52. The lowest BCUT2D eigenvalue weighted by molar-refractivity contribution is -0.132. The van der Waals surface area contributed by atoms with Gasteiger partial charge in [0.05, 0.1) is 17.8 Å². The van der Waals surface area contributed by atoms with Gasteiger partial charge in [0.1, 0.15) is 5.70 Å². The molecule has 0 unspecified atom stereocenters. The molecule has 7 heteroatoms. The van der Waals surface area contributed by atoms with E-state index >= 15 is 0 Å². The van der Waals surface area contributed by atoms with Gasteiger partial charge in [0, 0.05) is 5.56 Å². The Bertz CT molecular complexity index is 818. The smallest absolute Gasteiger partial charge is 0.352 e. The van der Waals surface area contributed by atoms with Crippen LogP contribution >= 0.6 is 22.6 Å². The lowest BCUT2D eigenvalue weighted by Crippen LogP contribution is -2.27. The van der Waals surface area contributed by atoms with Gasteiger partial charge >= 0.3 is 5.97 Å². The molecule has 0 atom stereocenters. The van der Waals surface area contributed by atoms with Crippen molar-refractivity contribution in [2.75, 3.05) is 14.2 Å². The van der Waals surface area contributed by atoms with Crippen LogP contribution < -0.4 is 14.8 Å². The maximum absolute atomic E-state index is 12.2. The SMILES string of the molecule is COc1cc(C=C(NC(=O)c2ccccc2)C(=O)O)cc(I)c1OC. The van der Waals surface area contributed by atoms with Crippen molar-refractivity contribution in [3.05, 3.63) is 62.9 Å². The number of ether oxygens (including phenoxy) is 2. The third-order valence-corrected chi connectivity index (χ3v) is 4.08. The van der Waals surface area contributed by atoms with Gasteiger partial charge in [-0.3, -0.25) is 4.79 Å². The molecule has 6 nitrogen and oxygen atoms in total. The van der Waals surface area contributed by atoms with E-state index in [4.69, 9.17) is 9.47 Å². The van der Waals surface area contributed by atoms with Gasteiger partial charge in [-0.1, -0.05) is 18.2 Å². The average Bonchev–Trinajstić information content (AvgIpc) is 2.61. The Hall–Kier alpha value is -2.55. The zero-order chi connectivity index (χ0) is 18.4. The number of aliphatic carboxylic acids is 1. The van der Waals surface area contributed by atoms with Crippen LogP contribution in [0.2, 0.25) is 0 Å². The summed E-state index contributed by atoms with van der Waals surface area (Å²) in [6.07, 6.45) is 1.37. The fraction of sp³-hybridized carbons (Fsp3) is 0.111. The minimum Gasteiger partial charge on any atom is -0.493 e. The summed E-state index contributed by atoms with van der Waals surface area (Å²) in [5.74, 6) is -0.705. The first-order valence-electron chi connectivity index (χ1n) is 7.19. The van der Waals surface area contributed by atoms with Crippen LogP contribution in [0.25, 0.3) is 6.08 Å². The minimum absolute atomic E-state index is 0.239. The molecule has 0 saturated carbocycles. The zero-order valence-electron chi connectivity index (χ0n) is 13.6. The van der Waals surface area contributed by atoms with Crippen molar-refractivity contribution in [1.82, 2.24) is 5.32 Å². The second-order valence-electron chi connectivity index (χ2n) is 4.92. The third kappa shape index (κ3) is 4.72. The van der Waals surface area contributed by atoms with E-state index in [9.17, 15) is 14.7 Å². The molecule has 0 aliphatic rings. The Morgan fingerprint density at radius 3 is 2.36 bits per heavy atom. The Kier molecular flexibility index (Phi) is 6.40. The first-order valence-corrected chi connectivity index (χ1v) is 8.27. The van der Waals surface area contributed by atoms with Crippen molar-refractivity contribution in [2.45, 2.75) is 0 Å². The Morgan fingerprint density at radius 2 is 1.80 bits per heavy atom. The fourth-order valence-corrected chi connectivity index (χ4v) is 2.97. The Balaban J connectivity index is 2.36. The van der Waals surface area contributed by atoms with Crippen LogP contribution in [-0.4, -0.2) is 31.2 Å². The molecule has 0 aliphatic heterocycles. The quantitative estimate of drug-likeness (QED) is 0.519. The maximum atomic E-state index is 12.2. The molecule has 0 heterocycles. The van der Waals surface area contributed by atoms with E-state index < -0.39 is 11.9 Å². The maximum Gasteiger partial charge on any atom is 0.352 e. The fourth-order valence-electron chi connectivity index (χ4n) is 2.12. The van der Waals surface area contributed by atoms with Gasteiger partial charge in [-0.2, -0.15) is 0 Å². The molecule has 25 heavy (non-hydrogen) atoms. The predicted molar refractivity (Wildman–Crippen MR) is 102 cm³/mol. The molecule has 2 aromatic rings. The summed E-state index contributed by atoms with van der Waals surface area (Å²) in [5.41, 5.74) is 0.696. The molecule has 2 rings (SSSR count). The van der Waals surface area contributed by atoms with Crippen molar-refractivity contribution in [3.8, 4) is 11.5 Å². The molecule has 0 spiro atoms. The molecule has 0 bridgehead atoms. The summed E-state index contributed by atoms with van der Waals surface area (Å²) >= 11 is 2.06. The van der Waals surface area contributed by atoms with Crippen LogP contribution in [0.5, 0.6) is 11.5 Å². The highest BCUT2D eigenvalue weighted by molar-refractivity contribution is 14.1. The summed E-state index contributed by atoms with van der Waals surface area (Å²) in [7, 11) is 3.02. The van der Waals surface area contributed by atoms with E-state index in [1.165, 1.54) is 20.3 Å². The number of nitrogens with one attached hydrogen (secondary N) is 1. The van der Waals surface area contributed by atoms with Gasteiger partial charge in [0.15, 0.2) is 11.5 Å². The summed E-state index contributed by atoms with van der Waals surface area (Å²) in [5, 5.41) is 11.8. The molecule has 0 fully saturated rings. The topological polar surface area (TPSA) is 84.9 Å². The highest BCUT2D eigenvalue weighted by atomic mass is 127. The molecular weight excluding hydrogens is 437 g/mol. The Labute approximate surface area is 158 Å². The number of carboxylic acids is 1. The average molecular weight is 453 g/mol. The van der Waals surface area contributed by atoms with Crippen molar-refractivity contribution in [3.63, 3.8) is 0 Å². The number of hydrogen-bond acceptors (Lipinski definition) is 4. The van der Waals surface area contributed by atoms with E-state index in [0.29, 0.717) is 22.6 Å². The van der Waals surface area contributed by atoms with Gasteiger partial charge in [-0.25, -0.2) is 4.79 Å². The minimum atomic E-state index is -1.24. The lowest BCUT2D eigenvalue weighted by atomic mass is 10.1. The molecule has 2 aromatic carbocycles. The lowest BCUT2D eigenvalue weighted by Gasteiger charge is -2.11. The molecule has 2 N–H and O–H groups in total. The number of halogens is 1. The summed E-state index contributed by atoms with van der Waals surface area (Å²) in [4.78, 5) is 23.7. The van der Waals surface area contributed by atoms with Crippen molar-refractivity contribution < 1.29 is 24.2 Å². The van der Waals surface area contributed by atoms with Gasteiger partial charge < -0.3 is 19.9 Å². The van der Waals surface area contributed by atoms with Crippen molar-refractivity contribution in [1.29, 1.82) is 0 Å². The van der Waals surface area contributed by atoms with Gasteiger partial charge in [0.25, 0.3) is 5.91 Å². The van der Waals surface area contributed by atoms with Crippen LogP contribution in [-0.2, 0) is 4.79 Å². The molecule has 130 valence electrons. The predicted octanol–water partition coefficient (Wildman–Crippen LogP) is 3.16. The second-order valence-corrected chi connectivity index (χ2v) is 6.08. The van der Waals surface area contributed by atoms with E-state index in [2.05, 4.69) is 27.9 Å². The van der Waals surface area contributed by atoms with Crippen LogP contribution in [0.3, 0.4) is 0 Å². The molecule has 0 saturated heterocycles. The number of carbonyl (C=O) groups is 2. The number of methoxy groups -OCH3 is 2. The van der Waals surface area contributed by atoms with E-state index in [0.717, 1.165) is 3.57 Å². The van der Waals surface area contributed by atoms with E-state index in [1.54, 1.807) is 42.5 Å². The molecule has 1 amide bonds. The zero-order valence-corrected chi connectivity index (χ0v) is 15.7. The van der Waals surface area contributed by atoms with Crippen LogP contribution in [0, 0.1) is 3.57 Å². The molecule has 0 aromatic heterocycles. The summed E-state index contributed by atoms with van der Waals surface area (Å²) in [6.45, 7) is 0. The number of carbonyl (C=O) groups excluding carboxylic acids is 1. The van der Waals surface area contributed by atoms with Crippen molar-refractivity contribution >= 4 is 40.5 Å². The third-order valence-electron chi connectivity index (χ3n) is 3.28. The first kappa shape index (κ1) is 18.8. The highest BCUT2D eigenvalue weighted by Crippen LogP contribution is 2.34. The first-order chi connectivity index (χ1) is 12.0. The summed E-state index contributed by atoms with van der Waals surface area (Å²) < 4.78 is 11.3. The van der Waals surface area contributed by atoms with Gasteiger partial charge in [0.2, 0.25) is 0 Å². The number of benzene rings is 2.